The minimum absolute atomic E-state index is 0. The zero-order valence-corrected chi connectivity index (χ0v) is 18.3. The molecule has 2 atom stereocenters. The van der Waals surface area contributed by atoms with Gasteiger partial charge in [-0.1, -0.05) is 20.8 Å². The van der Waals surface area contributed by atoms with Crippen molar-refractivity contribution in [2.45, 2.75) is 40.2 Å². The molecule has 0 radical (unpaired) electrons. The predicted octanol–water partition coefficient (Wildman–Crippen LogP) is 2.03. The van der Waals surface area contributed by atoms with Gasteiger partial charge in [0.15, 0.2) is 5.96 Å². The summed E-state index contributed by atoms with van der Waals surface area (Å²) in [6.07, 6.45) is 3.99. The zero-order valence-electron chi connectivity index (χ0n) is 15.9. The van der Waals surface area contributed by atoms with Gasteiger partial charge in [-0.15, -0.1) is 34.2 Å². The van der Waals surface area contributed by atoms with Crippen molar-refractivity contribution < 1.29 is 4.74 Å². The second kappa shape index (κ2) is 11.7. The number of hydrogen-bond acceptors (Lipinski definition) is 4. The molecule has 2 rings (SSSR count). The highest BCUT2D eigenvalue weighted by atomic mass is 127. The summed E-state index contributed by atoms with van der Waals surface area (Å²) >= 11 is 0. The highest BCUT2D eigenvalue weighted by Crippen LogP contribution is 2.20. The Balaban J connectivity index is 0.00000312. The van der Waals surface area contributed by atoms with E-state index in [1.54, 1.807) is 13.4 Å². The Labute approximate surface area is 168 Å². The van der Waals surface area contributed by atoms with E-state index in [0.29, 0.717) is 25.0 Å². The Bertz CT molecular complexity index is 511. The van der Waals surface area contributed by atoms with Crippen LogP contribution < -0.4 is 5.32 Å². The van der Waals surface area contributed by atoms with Crippen molar-refractivity contribution in [3.8, 4) is 0 Å². The molecule has 8 heteroatoms. The molecule has 0 spiro atoms. The Hall–Kier alpha value is -0.900. The first-order valence-electron chi connectivity index (χ1n) is 9.02. The van der Waals surface area contributed by atoms with Crippen molar-refractivity contribution in [1.29, 1.82) is 0 Å². The first-order chi connectivity index (χ1) is 11.6. The van der Waals surface area contributed by atoms with E-state index in [-0.39, 0.29) is 24.0 Å². The first kappa shape index (κ1) is 22.1. The largest absolute Gasteiger partial charge is 0.383 e. The molecule has 2 heterocycles. The van der Waals surface area contributed by atoms with Crippen LogP contribution in [0.1, 0.15) is 33.0 Å². The number of aliphatic imine (C=N–C) groups is 1. The minimum atomic E-state index is 0. The third kappa shape index (κ3) is 7.08. The number of hydrogen-bond donors (Lipinski definition) is 1. The highest BCUT2D eigenvalue weighted by Gasteiger charge is 2.24. The molecule has 1 aromatic heterocycles. The molecule has 0 amide bonds. The fourth-order valence-corrected chi connectivity index (χ4v) is 3.37. The van der Waals surface area contributed by atoms with Gasteiger partial charge < -0.3 is 19.5 Å². The molecule has 1 fully saturated rings. The summed E-state index contributed by atoms with van der Waals surface area (Å²) in [7, 11) is 1.71. The number of nitrogens with one attached hydrogen (secondary N) is 1. The van der Waals surface area contributed by atoms with Gasteiger partial charge in [0.05, 0.1) is 13.2 Å². The molecule has 25 heavy (non-hydrogen) atoms. The quantitative estimate of drug-likeness (QED) is 0.290. The van der Waals surface area contributed by atoms with Crippen LogP contribution in [-0.2, 0) is 17.7 Å². The Kier molecular flexibility index (Phi) is 10.3. The van der Waals surface area contributed by atoms with E-state index in [1.807, 2.05) is 0 Å². The third-order valence-electron chi connectivity index (χ3n) is 4.37. The maximum absolute atomic E-state index is 5.14. The maximum Gasteiger partial charge on any atom is 0.194 e. The lowest BCUT2D eigenvalue weighted by atomic mass is 9.92. The zero-order chi connectivity index (χ0) is 17.4. The van der Waals surface area contributed by atoms with Crippen LogP contribution in [0.25, 0.3) is 0 Å². The molecule has 2 unspecified atom stereocenters. The normalized spacial score (nSPS) is 21.1. The monoisotopic (exact) mass is 464 g/mol. The van der Waals surface area contributed by atoms with E-state index >= 15 is 0 Å². The summed E-state index contributed by atoms with van der Waals surface area (Å²) in [6, 6.07) is 0. The SMILES string of the molecule is CCc1nncn1CCNC(=NCCOC)N1CC(C)CC(C)C1.I. The van der Waals surface area contributed by atoms with Crippen LogP contribution in [0, 0.1) is 11.8 Å². The number of methoxy groups -OCH3 is 1. The van der Waals surface area contributed by atoms with Gasteiger partial charge in [-0.05, 0) is 18.3 Å². The van der Waals surface area contributed by atoms with Crippen molar-refractivity contribution in [3.63, 3.8) is 0 Å². The van der Waals surface area contributed by atoms with E-state index in [4.69, 9.17) is 9.73 Å². The van der Waals surface area contributed by atoms with E-state index in [9.17, 15) is 0 Å². The molecule has 1 aliphatic rings. The van der Waals surface area contributed by atoms with Gasteiger partial charge in [-0.3, -0.25) is 4.99 Å². The fourth-order valence-electron chi connectivity index (χ4n) is 3.37. The Morgan fingerprint density at radius 2 is 2.08 bits per heavy atom. The van der Waals surface area contributed by atoms with Crippen LogP contribution in [0.4, 0.5) is 0 Å². The highest BCUT2D eigenvalue weighted by molar-refractivity contribution is 14.0. The molecule has 0 saturated carbocycles. The van der Waals surface area contributed by atoms with Crippen molar-refractivity contribution in [2.75, 3.05) is 39.9 Å². The van der Waals surface area contributed by atoms with Gasteiger partial charge in [-0.25, -0.2) is 0 Å². The fraction of sp³-hybridized carbons (Fsp3) is 0.824. The minimum Gasteiger partial charge on any atom is -0.383 e. The van der Waals surface area contributed by atoms with Crippen LogP contribution in [-0.4, -0.2) is 65.5 Å². The summed E-state index contributed by atoms with van der Waals surface area (Å²) in [5.74, 6) is 3.42. The van der Waals surface area contributed by atoms with Crippen molar-refractivity contribution in [1.82, 2.24) is 25.0 Å². The molecular weight excluding hydrogens is 431 g/mol. The molecule has 7 nitrogen and oxygen atoms in total. The van der Waals surface area contributed by atoms with E-state index < -0.39 is 0 Å². The second-order valence-electron chi connectivity index (χ2n) is 6.77. The van der Waals surface area contributed by atoms with Gasteiger partial charge >= 0.3 is 0 Å². The first-order valence-corrected chi connectivity index (χ1v) is 9.02. The lowest BCUT2D eigenvalue weighted by Crippen LogP contribution is -2.49. The lowest BCUT2D eigenvalue weighted by molar-refractivity contribution is 0.200. The number of rotatable bonds is 7. The summed E-state index contributed by atoms with van der Waals surface area (Å²) in [6.45, 7) is 11.9. The lowest BCUT2D eigenvalue weighted by Gasteiger charge is -2.37. The summed E-state index contributed by atoms with van der Waals surface area (Å²) < 4.78 is 7.24. The predicted molar refractivity (Wildman–Crippen MR) is 112 cm³/mol. The third-order valence-corrected chi connectivity index (χ3v) is 4.37. The van der Waals surface area contributed by atoms with Crippen LogP contribution in [0.15, 0.2) is 11.3 Å². The molecule has 0 aromatic carbocycles. The van der Waals surface area contributed by atoms with Gasteiger partial charge in [0.25, 0.3) is 0 Å². The van der Waals surface area contributed by atoms with E-state index in [2.05, 4.69) is 45.8 Å². The van der Waals surface area contributed by atoms with Crippen LogP contribution in [0.2, 0.25) is 0 Å². The topological polar surface area (TPSA) is 67.6 Å². The number of guanidine groups is 1. The number of nitrogens with zero attached hydrogens (tertiary/aromatic N) is 5. The van der Waals surface area contributed by atoms with Crippen molar-refractivity contribution in [2.24, 2.45) is 16.8 Å². The number of likely N-dealkylation sites (tertiary alicyclic amines) is 1. The summed E-state index contributed by atoms with van der Waals surface area (Å²) in [5.41, 5.74) is 0. The smallest absolute Gasteiger partial charge is 0.194 e. The molecule has 0 bridgehead atoms. The van der Waals surface area contributed by atoms with Crippen LogP contribution in [0.5, 0.6) is 0 Å². The molecule has 1 saturated heterocycles. The molecule has 1 aromatic rings. The van der Waals surface area contributed by atoms with E-state index in [1.165, 1.54) is 6.42 Å². The van der Waals surface area contributed by atoms with E-state index in [0.717, 1.165) is 44.4 Å². The number of piperidine rings is 1. The number of aromatic nitrogens is 3. The standard InChI is InChI=1S/C17H32N6O.HI/c1-5-16-21-20-13-22(16)8-6-18-17(19-7-9-24-4)23-11-14(2)10-15(3)12-23;/h13-15H,5-12H2,1-4H3,(H,18,19);1H. The van der Waals surface area contributed by atoms with Crippen LogP contribution in [0.3, 0.4) is 0 Å². The van der Waals surface area contributed by atoms with Gasteiger partial charge in [0, 0.05) is 39.7 Å². The number of halogens is 1. The average molecular weight is 464 g/mol. The second-order valence-corrected chi connectivity index (χ2v) is 6.77. The summed E-state index contributed by atoms with van der Waals surface area (Å²) in [5, 5.41) is 11.6. The van der Waals surface area contributed by atoms with Crippen molar-refractivity contribution in [3.05, 3.63) is 12.2 Å². The van der Waals surface area contributed by atoms with Gasteiger partial charge in [0.2, 0.25) is 0 Å². The molecule has 144 valence electrons. The van der Waals surface area contributed by atoms with Gasteiger partial charge in [0.1, 0.15) is 12.2 Å². The molecule has 0 aliphatic carbocycles. The number of aryl methyl sites for hydroxylation is 1. The average Bonchev–Trinajstić information content (AvgIpc) is 3.00. The summed E-state index contributed by atoms with van der Waals surface area (Å²) in [4.78, 5) is 7.12. The van der Waals surface area contributed by atoms with Crippen molar-refractivity contribution >= 4 is 29.9 Å². The van der Waals surface area contributed by atoms with Crippen LogP contribution >= 0.6 is 24.0 Å². The molecule has 1 aliphatic heterocycles. The Morgan fingerprint density at radius 1 is 1.36 bits per heavy atom. The molecule has 1 N–H and O–H groups in total. The number of ether oxygens (including phenoxy) is 1. The Morgan fingerprint density at radius 3 is 2.72 bits per heavy atom. The maximum atomic E-state index is 5.14. The molecular formula is C17H33IN6O. The van der Waals surface area contributed by atoms with Gasteiger partial charge in [-0.2, -0.15) is 0 Å².